The summed E-state index contributed by atoms with van der Waals surface area (Å²) in [6, 6.07) is 0. The Balaban J connectivity index is 4.72. The summed E-state index contributed by atoms with van der Waals surface area (Å²) < 4.78 is 0. The molecule has 0 saturated carbocycles. The van der Waals surface area contributed by atoms with Crippen molar-refractivity contribution < 1.29 is 14.4 Å². The number of ketones is 3. The molecule has 0 heterocycles. The van der Waals surface area contributed by atoms with Crippen molar-refractivity contribution in [3.8, 4) is 0 Å². The van der Waals surface area contributed by atoms with Gasteiger partial charge in [0.25, 0.3) is 0 Å². The van der Waals surface area contributed by atoms with Gasteiger partial charge in [-0.1, -0.05) is 29.8 Å². The number of hydrogen-bond acceptors (Lipinski definition) is 3. The van der Waals surface area contributed by atoms with Crippen molar-refractivity contribution in [1.82, 2.24) is 0 Å². The molecule has 98 valence electrons. The lowest BCUT2D eigenvalue weighted by atomic mass is 9.77. The van der Waals surface area contributed by atoms with Crippen molar-refractivity contribution in [3.05, 3.63) is 0 Å². The number of carbonyl (C=O) groups excluding carboxylic acids is 3. The first-order valence-electron chi connectivity index (χ1n) is 5.74. The number of hydrogen-bond donors (Lipinski definition) is 0. The molecule has 17 heavy (non-hydrogen) atoms. The van der Waals surface area contributed by atoms with Crippen LogP contribution in [0, 0.1) is 11.3 Å². The molecule has 0 bridgehead atoms. The molecular formula is C13H21BrO3. The van der Waals surface area contributed by atoms with E-state index in [0.29, 0.717) is 12.8 Å². The van der Waals surface area contributed by atoms with Crippen LogP contribution in [0.25, 0.3) is 0 Å². The van der Waals surface area contributed by atoms with Gasteiger partial charge >= 0.3 is 0 Å². The van der Waals surface area contributed by atoms with Crippen molar-refractivity contribution in [2.75, 3.05) is 0 Å². The molecule has 0 amide bonds. The molecule has 0 rings (SSSR count). The summed E-state index contributed by atoms with van der Waals surface area (Å²) in [5.41, 5.74) is -0.514. The zero-order chi connectivity index (χ0) is 13.8. The maximum Gasteiger partial charge on any atom is 0.143 e. The highest BCUT2D eigenvalue weighted by Crippen LogP contribution is 2.30. The highest BCUT2D eigenvalue weighted by molar-refractivity contribution is 9.10. The largest absolute Gasteiger partial charge is 0.300 e. The van der Waals surface area contributed by atoms with Crippen LogP contribution in [0.1, 0.15) is 47.5 Å². The standard InChI is InChI=1S/C13H21BrO3/c1-8(15)11(6-12(14)9(2)16)7-13(4,5)10(3)17/h11-12H,6-7H2,1-5H3. The van der Waals surface area contributed by atoms with Gasteiger partial charge in [0.2, 0.25) is 0 Å². The van der Waals surface area contributed by atoms with Gasteiger partial charge in [-0.05, 0) is 33.6 Å². The molecule has 0 aromatic carbocycles. The molecule has 0 aliphatic heterocycles. The zero-order valence-corrected chi connectivity index (χ0v) is 12.8. The van der Waals surface area contributed by atoms with Gasteiger partial charge in [0.15, 0.2) is 0 Å². The van der Waals surface area contributed by atoms with E-state index in [4.69, 9.17) is 0 Å². The van der Waals surface area contributed by atoms with Crippen LogP contribution in [0.2, 0.25) is 0 Å². The van der Waals surface area contributed by atoms with Gasteiger partial charge in [0.1, 0.15) is 17.3 Å². The molecule has 2 unspecified atom stereocenters. The Hall–Kier alpha value is -0.510. The van der Waals surface area contributed by atoms with Gasteiger partial charge in [0.05, 0.1) is 4.83 Å². The van der Waals surface area contributed by atoms with Crippen LogP contribution in [0.5, 0.6) is 0 Å². The summed E-state index contributed by atoms with van der Waals surface area (Å²) in [6.07, 6.45) is 0.953. The third-order valence-electron chi connectivity index (χ3n) is 3.22. The minimum atomic E-state index is -0.514. The van der Waals surface area contributed by atoms with Crippen molar-refractivity contribution in [2.45, 2.75) is 52.3 Å². The van der Waals surface area contributed by atoms with Crippen LogP contribution in [0.15, 0.2) is 0 Å². The fourth-order valence-corrected chi connectivity index (χ4v) is 2.02. The topological polar surface area (TPSA) is 51.2 Å². The average molecular weight is 305 g/mol. The van der Waals surface area contributed by atoms with Crippen molar-refractivity contribution >= 4 is 33.3 Å². The molecular weight excluding hydrogens is 284 g/mol. The minimum Gasteiger partial charge on any atom is -0.300 e. The highest BCUT2D eigenvalue weighted by atomic mass is 79.9. The molecule has 0 saturated heterocycles. The predicted molar refractivity (Wildman–Crippen MR) is 71.3 cm³/mol. The molecule has 0 spiro atoms. The zero-order valence-electron chi connectivity index (χ0n) is 11.2. The van der Waals surface area contributed by atoms with E-state index in [0.717, 1.165) is 0 Å². The molecule has 0 radical (unpaired) electrons. The number of rotatable bonds is 7. The fraction of sp³-hybridized carbons (Fsp3) is 0.769. The first-order chi connectivity index (χ1) is 7.58. The molecule has 0 aliphatic carbocycles. The minimum absolute atomic E-state index is 0.0110. The number of carbonyl (C=O) groups is 3. The van der Waals surface area contributed by atoms with E-state index >= 15 is 0 Å². The molecule has 0 fully saturated rings. The molecule has 0 aliphatic rings. The number of Topliss-reactive ketones (excluding diaryl/α,β-unsaturated/α-hetero) is 3. The van der Waals surface area contributed by atoms with Crippen LogP contribution >= 0.6 is 15.9 Å². The van der Waals surface area contributed by atoms with E-state index in [-0.39, 0.29) is 28.1 Å². The Labute approximate surface area is 111 Å². The summed E-state index contributed by atoms with van der Waals surface area (Å²) in [5.74, 6) is -0.137. The third-order valence-corrected chi connectivity index (χ3v) is 4.24. The Morgan fingerprint density at radius 1 is 1.06 bits per heavy atom. The summed E-state index contributed by atoms with van der Waals surface area (Å²) in [7, 11) is 0. The summed E-state index contributed by atoms with van der Waals surface area (Å²) in [4.78, 5) is 33.9. The first kappa shape index (κ1) is 16.5. The van der Waals surface area contributed by atoms with Crippen molar-refractivity contribution in [1.29, 1.82) is 0 Å². The molecule has 4 heteroatoms. The van der Waals surface area contributed by atoms with E-state index in [9.17, 15) is 14.4 Å². The summed E-state index contributed by atoms with van der Waals surface area (Å²) in [6.45, 7) is 8.21. The Morgan fingerprint density at radius 2 is 1.53 bits per heavy atom. The van der Waals surface area contributed by atoms with Crippen LogP contribution in [0.4, 0.5) is 0 Å². The molecule has 0 aromatic rings. The first-order valence-corrected chi connectivity index (χ1v) is 6.65. The van der Waals surface area contributed by atoms with Crippen LogP contribution in [-0.4, -0.2) is 22.2 Å². The SMILES string of the molecule is CC(=O)C(Br)CC(CC(C)(C)C(C)=O)C(C)=O. The van der Waals surface area contributed by atoms with Gasteiger partial charge in [-0.2, -0.15) is 0 Å². The lowest BCUT2D eigenvalue weighted by Crippen LogP contribution is -2.30. The Bertz CT molecular complexity index is 321. The lowest BCUT2D eigenvalue weighted by Gasteiger charge is -2.26. The van der Waals surface area contributed by atoms with E-state index in [1.165, 1.54) is 20.8 Å². The Morgan fingerprint density at radius 3 is 1.82 bits per heavy atom. The smallest absolute Gasteiger partial charge is 0.143 e. The van der Waals surface area contributed by atoms with E-state index in [1.807, 2.05) is 13.8 Å². The normalized spacial score (nSPS) is 15.2. The van der Waals surface area contributed by atoms with Crippen molar-refractivity contribution in [3.63, 3.8) is 0 Å². The van der Waals surface area contributed by atoms with Crippen LogP contribution in [-0.2, 0) is 14.4 Å². The molecule has 3 nitrogen and oxygen atoms in total. The molecule has 0 aromatic heterocycles. The van der Waals surface area contributed by atoms with Gasteiger partial charge in [0, 0.05) is 11.3 Å². The lowest BCUT2D eigenvalue weighted by molar-refractivity contribution is -0.127. The third kappa shape index (κ3) is 5.57. The van der Waals surface area contributed by atoms with E-state index in [2.05, 4.69) is 15.9 Å². The van der Waals surface area contributed by atoms with Gasteiger partial charge < -0.3 is 0 Å². The monoisotopic (exact) mass is 304 g/mol. The second kappa shape index (κ2) is 6.43. The number of halogens is 1. The fourth-order valence-electron chi connectivity index (χ4n) is 1.57. The van der Waals surface area contributed by atoms with Gasteiger partial charge in [-0.3, -0.25) is 14.4 Å². The van der Waals surface area contributed by atoms with E-state index < -0.39 is 5.41 Å². The molecule has 0 N–H and O–H groups in total. The predicted octanol–water partition coefficient (Wildman–Crippen LogP) is 2.94. The summed E-state index contributed by atoms with van der Waals surface area (Å²) in [5, 5.41) is 0. The quantitative estimate of drug-likeness (QED) is 0.680. The summed E-state index contributed by atoms with van der Waals surface area (Å²) >= 11 is 3.27. The van der Waals surface area contributed by atoms with Crippen LogP contribution < -0.4 is 0 Å². The van der Waals surface area contributed by atoms with Gasteiger partial charge in [-0.25, -0.2) is 0 Å². The van der Waals surface area contributed by atoms with E-state index in [1.54, 1.807) is 0 Å². The average Bonchev–Trinajstić information content (AvgIpc) is 2.15. The second-order valence-corrected chi connectivity index (χ2v) is 6.37. The Kier molecular flexibility index (Phi) is 6.24. The maximum atomic E-state index is 11.6. The van der Waals surface area contributed by atoms with Gasteiger partial charge in [-0.15, -0.1) is 0 Å². The second-order valence-electron chi connectivity index (χ2n) is 5.27. The van der Waals surface area contributed by atoms with Crippen molar-refractivity contribution in [2.24, 2.45) is 11.3 Å². The maximum absolute atomic E-state index is 11.6. The number of alkyl halides is 1. The highest BCUT2D eigenvalue weighted by Gasteiger charge is 2.31. The van der Waals surface area contributed by atoms with Crippen LogP contribution in [0.3, 0.4) is 0 Å². The molecule has 2 atom stereocenters.